The number of ether oxygens (including phenoxy) is 3. The second-order valence-electron chi connectivity index (χ2n) is 6.96. The molecular weight excluding hydrogens is 350 g/mol. The normalized spacial score (nSPS) is 13.3. The minimum absolute atomic E-state index is 0.234. The molecule has 28 heavy (non-hydrogen) atoms. The van der Waals surface area contributed by atoms with Gasteiger partial charge in [-0.25, -0.2) is 0 Å². The lowest BCUT2D eigenvalue weighted by atomic mass is 9.87. The van der Waals surface area contributed by atoms with Crippen LogP contribution in [0.4, 0.5) is 0 Å². The summed E-state index contributed by atoms with van der Waals surface area (Å²) in [5.74, 6) is 2.80. The largest absolute Gasteiger partial charge is 0.496 e. The number of nitrogens with two attached hydrogens (primary N) is 1. The average Bonchev–Trinajstić information content (AvgIpc) is 3.22. The van der Waals surface area contributed by atoms with Crippen molar-refractivity contribution in [1.29, 1.82) is 0 Å². The maximum absolute atomic E-state index is 5.65. The first-order chi connectivity index (χ1) is 13.8. The van der Waals surface area contributed by atoms with Crippen LogP contribution in [0.15, 0.2) is 72.8 Å². The fourth-order valence-electron chi connectivity index (χ4n) is 3.75. The van der Waals surface area contributed by atoms with E-state index in [0.717, 1.165) is 36.8 Å². The van der Waals surface area contributed by atoms with Crippen LogP contribution in [0.3, 0.4) is 0 Å². The average molecular weight is 376 g/mol. The van der Waals surface area contributed by atoms with E-state index in [9.17, 15) is 0 Å². The van der Waals surface area contributed by atoms with Crippen LogP contribution in [0, 0.1) is 0 Å². The van der Waals surface area contributed by atoms with Crippen molar-refractivity contribution in [3.05, 3.63) is 89.5 Å². The van der Waals surface area contributed by atoms with E-state index in [-0.39, 0.29) is 5.92 Å². The Bertz CT molecular complexity index is 911. The van der Waals surface area contributed by atoms with Crippen molar-refractivity contribution in [3.8, 4) is 17.2 Å². The highest BCUT2D eigenvalue weighted by molar-refractivity contribution is 5.49. The zero-order valence-corrected chi connectivity index (χ0v) is 16.1. The van der Waals surface area contributed by atoms with Gasteiger partial charge in [-0.2, -0.15) is 0 Å². The van der Waals surface area contributed by atoms with Crippen LogP contribution in [-0.4, -0.2) is 20.4 Å². The third-order valence-corrected chi connectivity index (χ3v) is 5.20. The molecular formula is C24H26NO3+. The van der Waals surface area contributed by atoms with E-state index in [0.29, 0.717) is 6.79 Å². The van der Waals surface area contributed by atoms with Crippen molar-refractivity contribution in [1.82, 2.24) is 0 Å². The monoisotopic (exact) mass is 376 g/mol. The Labute approximate surface area is 166 Å². The Morgan fingerprint density at radius 1 is 0.929 bits per heavy atom. The molecule has 0 aromatic heterocycles. The van der Waals surface area contributed by atoms with Gasteiger partial charge in [0.25, 0.3) is 0 Å². The molecule has 0 saturated carbocycles. The van der Waals surface area contributed by atoms with Crippen LogP contribution >= 0.6 is 0 Å². The highest BCUT2D eigenvalue weighted by Gasteiger charge is 2.22. The molecule has 0 fully saturated rings. The summed E-state index contributed by atoms with van der Waals surface area (Å²) >= 11 is 0. The Kier molecular flexibility index (Phi) is 5.78. The Hall–Kier alpha value is -2.98. The highest BCUT2D eigenvalue weighted by Crippen LogP contribution is 2.39. The van der Waals surface area contributed by atoms with Crippen molar-refractivity contribution in [2.45, 2.75) is 18.9 Å². The van der Waals surface area contributed by atoms with Gasteiger partial charge in [-0.05, 0) is 23.8 Å². The molecule has 0 radical (unpaired) electrons. The summed E-state index contributed by atoms with van der Waals surface area (Å²) in [6.07, 6.45) is 1.01. The molecule has 0 bridgehead atoms. The standard InChI is InChI=1S/C24H25NO3/c1-26-22-10-6-5-9-21(22)20(13-14-25-16-18-7-3-2-4-8-18)19-11-12-23-24(15-19)28-17-27-23/h2-12,15,20,25H,13-14,16-17H2,1H3/p+1/t20-/m1/s1. The maximum atomic E-state index is 5.65. The molecule has 4 heteroatoms. The molecule has 4 rings (SSSR count). The van der Waals surface area contributed by atoms with E-state index >= 15 is 0 Å². The van der Waals surface area contributed by atoms with E-state index in [4.69, 9.17) is 14.2 Å². The van der Waals surface area contributed by atoms with E-state index in [1.165, 1.54) is 16.7 Å². The number of hydrogen-bond donors (Lipinski definition) is 1. The van der Waals surface area contributed by atoms with Crippen LogP contribution < -0.4 is 19.5 Å². The second-order valence-corrected chi connectivity index (χ2v) is 6.96. The number of rotatable bonds is 8. The molecule has 3 aromatic carbocycles. The van der Waals surface area contributed by atoms with E-state index in [1.54, 1.807) is 7.11 Å². The number of quaternary nitrogens is 1. The number of para-hydroxylation sites is 1. The van der Waals surface area contributed by atoms with Gasteiger partial charge in [0, 0.05) is 23.5 Å². The smallest absolute Gasteiger partial charge is 0.231 e. The molecule has 144 valence electrons. The lowest BCUT2D eigenvalue weighted by Crippen LogP contribution is -2.82. The summed E-state index contributed by atoms with van der Waals surface area (Å²) in [5, 5.41) is 2.37. The minimum Gasteiger partial charge on any atom is -0.496 e. The van der Waals surface area contributed by atoms with Gasteiger partial charge in [-0.3, -0.25) is 0 Å². The van der Waals surface area contributed by atoms with Gasteiger partial charge >= 0.3 is 0 Å². The highest BCUT2D eigenvalue weighted by atomic mass is 16.7. The molecule has 0 aliphatic carbocycles. The van der Waals surface area contributed by atoms with Gasteiger partial charge in [-0.1, -0.05) is 54.6 Å². The predicted molar refractivity (Wildman–Crippen MR) is 109 cm³/mol. The molecule has 4 nitrogen and oxygen atoms in total. The number of benzene rings is 3. The predicted octanol–water partition coefficient (Wildman–Crippen LogP) is 3.71. The van der Waals surface area contributed by atoms with Crippen molar-refractivity contribution >= 4 is 0 Å². The zero-order valence-electron chi connectivity index (χ0n) is 16.1. The van der Waals surface area contributed by atoms with Crippen molar-refractivity contribution < 1.29 is 19.5 Å². The van der Waals surface area contributed by atoms with Gasteiger partial charge in [0.05, 0.1) is 13.7 Å². The number of fused-ring (bicyclic) bond motifs is 1. The minimum atomic E-state index is 0.234. The summed E-state index contributed by atoms with van der Waals surface area (Å²) in [6, 6.07) is 25.1. The Morgan fingerprint density at radius 2 is 1.71 bits per heavy atom. The molecule has 1 aliphatic heterocycles. The molecule has 1 heterocycles. The molecule has 0 unspecified atom stereocenters. The van der Waals surface area contributed by atoms with Gasteiger partial charge in [-0.15, -0.1) is 0 Å². The Balaban J connectivity index is 1.53. The molecule has 0 amide bonds. The molecule has 0 spiro atoms. The van der Waals surface area contributed by atoms with Crippen LogP contribution in [0.1, 0.15) is 29.0 Å². The van der Waals surface area contributed by atoms with Crippen molar-refractivity contribution in [3.63, 3.8) is 0 Å². The SMILES string of the molecule is COc1ccccc1[C@H](CC[NH2+]Cc1ccccc1)c1ccc2c(c1)OCO2. The molecule has 2 N–H and O–H groups in total. The van der Waals surface area contributed by atoms with E-state index < -0.39 is 0 Å². The zero-order chi connectivity index (χ0) is 19.2. The van der Waals surface area contributed by atoms with Gasteiger partial charge in [0.15, 0.2) is 11.5 Å². The summed E-state index contributed by atoms with van der Waals surface area (Å²) in [7, 11) is 1.73. The first kappa shape index (κ1) is 18.4. The third-order valence-electron chi connectivity index (χ3n) is 5.20. The van der Waals surface area contributed by atoms with E-state index in [1.807, 2.05) is 18.2 Å². The fraction of sp³-hybridized carbons (Fsp3) is 0.250. The van der Waals surface area contributed by atoms with Gasteiger partial charge in [0.1, 0.15) is 12.3 Å². The summed E-state index contributed by atoms with van der Waals surface area (Å²) in [5.41, 5.74) is 3.78. The summed E-state index contributed by atoms with van der Waals surface area (Å²) < 4.78 is 16.7. The first-order valence-corrected chi connectivity index (χ1v) is 9.73. The molecule has 3 aromatic rings. The number of methoxy groups -OCH3 is 1. The summed E-state index contributed by atoms with van der Waals surface area (Å²) in [6.45, 7) is 2.30. The van der Waals surface area contributed by atoms with E-state index in [2.05, 4.69) is 59.9 Å². The molecule has 1 atom stereocenters. The van der Waals surface area contributed by atoms with Crippen LogP contribution in [0.25, 0.3) is 0 Å². The fourth-order valence-corrected chi connectivity index (χ4v) is 3.75. The summed E-state index contributed by atoms with van der Waals surface area (Å²) in [4.78, 5) is 0. The van der Waals surface area contributed by atoms with Crippen molar-refractivity contribution in [2.75, 3.05) is 20.4 Å². The van der Waals surface area contributed by atoms with Crippen molar-refractivity contribution in [2.24, 2.45) is 0 Å². The maximum Gasteiger partial charge on any atom is 0.231 e. The van der Waals surface area contributed by atoms with Crippen LogP contribution in [-0.2, 0) is 6.54 Å². The second kappa shape index (κ2) is 8.81. The Morgan fingerprint density at radius 3 is 2.57 bits per heavy atom. The topological polar surface area (TPSA) is 44.3 Å². The number of hydrogen-bond acceptors (Lipinski definition) is 3. The van der Waals surface area contributed by atoms with Gasteiger partial charge < -0.3 is 19.5 Å². The van der Waals surface area contributed by atoms with Crippen LogP contribution in [0.2, 0.25) is 0 Å². The van der Waals surface area contributed by atoms with Crippen LogP contribution in [0.5, 0.6) is 17.2 Å². The molecule has 1 aliphatic rings. The quantitative estimate of drug-likeness (QED) is 0.610. The van der Waals surface area contributed by atoms with Gasteiger partial charge in [0.2, 0.25) is 6.79 Å². The first-order valence-electron chi connectivity index (χ1n) is 9.73. The lowest BCUT2D eigenvalue weighted by molar-refractivity contribution is -0.671. The molecule has 0 saturated heterocycles. The third kappa shape index (κ3) is 4.12. The lowest BCUT2D eigenvalue weighted by Gasteiger charge is -2.20.